The summed E-state index contributed by atoms with van der Waals surface area (Å²) in [5.74, 6) is -0.0420. The van der Waals surface area contributed by atoms with Crippen molar-refractivity contribution < 1.29 is 4.79 Å². The van der Waals surface area contributed by atoms with Gasteiger partial charge in [0.1, 0.15) is 0 Å². The highest BCUT2D eigenvalue weighted by Gasteiger charge is 2.29. The lowest BCUT2D eigenvalue weighted by Gasteiger charge is -2.11. The van der Waals surface area contributed by atoms with E-state index in [0.717, 1.165) is 24.9 Å². The van der Waals surface area contributed by atoms with E-state index in [1.165, 1.54) is 17.3 Å². The van der Waals surface area contributed by atoms with E-state index in [4.69, 9.17) is 0 Å². The molecule has 2 aromatic rings. The molecule has 1 saturated carbocycles. The van der Waals surface area contributed by atoms with Gasteiger partial charge in [-0.15, -0.1) is 5.10 Å². The Kier molecular flexibility index (Phi) is 4.42. The summed E-state index contributed by atoms with van der Waals surface area (Å²) in [7, 11) is 0. The van der Waals surface area contributed by atoms with Crippen LogP contribution in [0.1, 0.15) is 38.3 Å². The predicted octanol–water partition coefficient (Wildman–Crippen LogP) is 2.69. The van der Waals surface area contributed by atoms with E-state index in [0.29, 0.717) is 11.2 Å². The molecule has 1 aliphatic rings. The van der Waals surface area contributed by atoms with Crippen molar-refractivity contribution in [2.24, 2.45) is 0 Å². The SMILES string of the molecule is CCc1ccc(NC(=O)C(C)Sc2nnnn2C2CC2)cc1. The number of rotatable bonds is 6. The van der Waals surface area contributed by atoms with Crippen molar-refractivity contribution in [2.75, 3.05) is 5.32 Å². The molecule has 0 spiro atoms. The lowest BCUT2D eigenvalue weighted by Crippen LogP contribution is -2.23. The Bertz CT molecular complexity index is 650. The number of anilines is 1. The van der Waals surface area contributed by atoms with Gasteiger partial charge in [0.2, 0.25) is 11.1 Å². The maximum Gasteiger partial charge on any atom is 0.237 e. The van der Waals surface area contributed by atoms with Gasteiger partial charge >= 0.3 is 0 Å². The number of carbonyl (C=O) groups excluding carboxylic acids is 1. The number of aryl methyl sites for hydroxylation is 1. The summed E-state index contributed by atoms with van der Waals surface area (Å²) in [6.07, 6.45) is 3.22. The highest BCUT2D eigenvalue weighted by atomic mass is 32.2. The fourth-order valence-corrected chi connectivity index (χ4v) is 2.95. The van der Waals surface area contributed by atoms with Gasteiger partial charge in [0, 0.05) is 5.69 Å². The molecule has 0 saturated heterocycles. The molecule has 1 aromatic carbocycles. The number of aromatic nitrogens is 4. The van der Waals surface area contributed by atoms with Gasteiger partial charge in [-0.05, 0) is 54.3 Å². The number of tetrazole rings is 1. The van der Waals surface area contributed by atoms with E-state index in [-0.39, 0.29) is 11.2 Å². The average molecular weight is 317 g/mol. The maximum absolute atomic E-state index is 12.3. The summed E-state index contributed by atoms with van der Waals surface area (Å²) in [5.41, 5.74) is 2.07. The molecule has 7 heteroatoms. The molecule has 22 heavy (non-hydrogen) atoms. The zero-order chi connectivity index (χ0) is 15.5. The molecule has 1 fully saturated rings. The van der Waals surface area contributed by atoms with Crippen molar-refractivity contribution in [3.05, 3.63) is 29.8 Å². The van der Waals surface area contributed by atoms with Crippen LogP contribution in [0, 0.1) is 0 Å². The molecule has 3 rings (SSSR count). The third-order valence-electron chi connectivity index (χ3n) is 3.64. The summed E-state index contributed by atoms with van der Waals surface area (Å²) >= 11 is 1.40. The molecule has 1 amide bonds. The summed E-state index contributed by atoms with van der Waals surface area (Å²) in [4.78, 5) is 12.3. The van der Waals surface area contributed by atoms with E-state index >= 15 is 0 Å². The van der Waals surface area contributed by atoms with Gasteiger partial charge in [0.05, 0.1) is 11.3 Å². The fourth-order valence-electron chi connectivity index (χ4n) is 2.09. The van der Waals surface area contributed by atoms with Crippen molar-refractivity contribution in [2.45, 2.75) is 49.6 Å². The number of benzene rings is 1. The van der Waals surface area contributed by atoms with Crippen LogP contribution in [0.5, 0.6) is 0 Å². The zero-order valence-electron chi connectivity index (χ0n) is 12.7. The van der Waals surface area contributed by atoms with Crippen LogP contribution in [0.15, 0.2) is 29.4 Å². The van der Waals surface area contributed by atoms with Gasteiger partial charge in [-0.3, -0.25) is 4.79 Å². The van der Waals surface area contributed by atoms with Crippen LogP contribution >= 0.6 is 11.8 Å². The number of amides is 1. The van der Waals surface area contributed by atoms with Crippen LogP contribution in [-0.4, -0.2) is 31.4 Å². The third-order valence-corrected chi connectivity index (χ3v) is 4.68. The normalized spacial score (nSPS) is 15.5. The monoisotopic (exact) mass is 317 g/mol. The molecule has 1 aliphatic carbocycles. The number of hydrogen-bond acceptors (Lipinski definition) is 5. The van der Waals surface area contributed by atoms with E-state index in [1.807, 2.05) is 35.9 Å². The Hall–Kier alpha value is -1.89. The second-order valence-corrected chi connectivity index (χ2v) is 6.74. The van der Waals surface area contributed by atoms with E-state index in [2.05, 4.69) is 27.8 Å². The zero-order valence-corrected chi connectivity index (χ0v) is 13.5. The van der Waals surface area contributed by atoms with E-state index in [9.17, 15) is 4.79 Å². The number of thioether (sulfide) groups is 1. The molecule has 116 valence electrons. The van der Waals surface area contributed by atoms with E-state index in [1.54, 1.807) is 0 Å². The van der Waals surface area contributed by atoms with Crippen LogP contribution in [0.3, 0.4) is 0 Å². The lowest BCUT2D eigenvalue weighted by atomic mass is 10.1. The minimum atomic E-state index is -0.255. The van der Waals surface area contributed by atoms with Gasteiger partial charge in [0.15, 0.2) is 0 Å². The van der Waals surface area contributed by atoms with Crippen LogP contribution in [0.4, 0.5) is 5.69 Å². The summed E-state index contributed by atoms with van der Waals surface area (Å²) < 4.78 is 1.82. The van der Waals surface area contributed by atoms with Gasteiger partial charge in [0.25, 0.3) is 0 Å². The number of nitrogens with zero attached hydrogens (tertiary/aromatic N) is 4. The molecular formula is C15H19N5OS. The minimum Gasteiger partial charge on any atom is -0.325 e. The van der Waals surface area contributed by atoms with Gasteiger partial charge in [-0.1, -0.05) is 30.8 Å². The molecule has 0 radical (unpaired) electrons. The molecule has 1 unspecified atom stereocenters. The second-order valence-electron chi connectivity index (χ2n) is 5.44. The highest BCUT2D eigenvalue weighted by Crippen LogP contribution is 2.37. The van der Waals surface area contributed by atoms with Crippen LogP contribution in [0.2, 0.25) is 0 Å². The van der Waals surface area contributed by atoms with Crippen molar-refractivity contribution in [3.8, 4) is 0 Å². The first-order valence-electron chi connectivity index (χ1n) is 7.51. The standard InChI is InChI=1S/C15H19N5OS/c1-3-11-4-6-12(7-5-11)16-14(21)10(2)22-15-17-18-19-20(15)13-8-9-13/h4-7,10,13H,3,8-9H2,1-2H3,(H,16,21). The quantitative estimate of drug-likeness (QED) is 0.829. The van der Waals surface area contributed by atoms with Gasteiger partial charge in [-0.25, -0.2) is 4.68 Å². The molecule has 0 aliphatic heterocycles. The van der Waals surface area contributed by atoms with Crippen LogP contribution < -0.4 is 5.32 Å². The molecular weight excluding hydrogens is 298 g/mol. The summed E-state index contributed by atoms with van der Waals surface area (Å²) in [5, 5.41) is 15.1. The first-order chi connectivity index (χ1) is 10.7. The topological polar surface area (TPSA) is 72.7 Å². The predicted molar refractivity (Wildman–Crippen MR) is 85.9 cm³/mol. The van der Waals surface area contributed by atoms with Gasteiger partial charge < -0.3 is 5.32 Å². The smallest absolute Gasteiger partial charge is 0.237 e. The Morgan fingerprint density at radius 2 is 2.14 bits per heavy atom. The molecule has 1 aromatic heterocycles. The van der Waals surface area contributed by atoms with Crippen molar-refractivity contribution >= 4 is 23.4 Å². The summed E-state index contributed by atoms with van der Waals surface area (Å²) in [6.45, 7) is 3.97. The largest absolute Gasteiger partial charge is 0.325 e. The van der Waals surface area contributed by atoms with E-state index < -0.39 is 0 Å². The average Bonchev–Trinajstić information content (AvgIpc) is 3.28. The Morgan fingerprint density at radius 1 is 1.41 bits per heavy atom. The highest BCUT2D eigenvalue weighted by molar-refractivity contribution is 8.00. The van der Waals surface area contributed by atoms with Crippen LogP contribution in [-0.2, 0) is 11.2 Å². The van der Waals surface area contributed by atoms with Crippen molar-refractivity contribution in [1.29, 1.82) is 0 Å². The Morgan fingerprint density at radius 3 is 2.77 bits per heavy atom. The summed E-state index contributed by atoms with van der Waals surface area (Å²) in [6, 6.07) is 8.33. The first-order valence-corrected chi connectivity index (χ1v) is 8.39. The number of hydrogen-bond donors (Lipinski definition) is 1. The first kappa shape index (κ1) is 15.0. The fraction of sp³-hybridized carbons (Fsp3) is 0.467. The molecule has 1 atom stereocenters. The maximum atomic E-state index is 12.3. The molecule has 1 N–H and O–H groups in total. The van der Waals surface area contributed by atoms with Crippen molar-refractivity contribution in [3.63, 3.8) is 0 Å². The minimum absolute atomic E-state index is 0.0420. The van der Waals surface area contributed by atoms with Crippen LogP contribution in [0.25, 0.3) is 0 Å². The second kappa shape index (κ2) is 6.48. The molecule has 1 heterocycles. The lowest BCUT2D eigenvalue weighted by molar-refractivity contribution is -0.115. The molecule has 0 bridgehead atoms. The Labute approximate surface area is 133 Å². The van der Waals surface area contributed by atoms with Crippen molar-refractivity contribution in [1.82, 2.24) is 20.2 Å². The number of nitrogens with one attached hydrogen (secondary N) is 1. The third kappa shape index (κ3) is 3.47. The molecule has 6 nitrogen and oxygen atoms in total. The Balaban J connectivity index is 1.60. The number of carbonyl (C=O) groups is 1. The van der Waals surface area contributed by atoms with Gasteiger partial charge in [-0.2, -0.15) is 0 Å².